The van der Waals surface area contributed by atoms with Crippen molar-refractivity contribution in [3.8, 4) is 0 Å². The molecule has 1 aliphatic heterocycles. The summed E-state index contributed by atoms with van der Waals surface area (Å²) < 4.78 is 0. The summed E-state index contributed by atoms with van der Waals surface area (Å²) in [6.07, 6.45) is 11.3. The minimum atomic E-state index is 0.341. The molecule has 104 valence electrons. The number of alkyl halides is 1. The Morgan fingerprint density at radius 3 is 2.39 bits per heavy atom. The Morgan fingerprint density at radius 1 is 1.06 bits per heavy atom. The number of likely N-dealkylation sites (tertiary alicyclic amines) is 1. The number of halogens is 1. The molecule has 0 aromatic heterocycles. The average molecular weight is 316 g/mol. The number of rotatable bonds is 3. The zero-order valence-electron chi connectivity index (χ0n) is 11.4. The van der Waals surface area contributed by atoms with Crippen LogP contribution >= 0.6 is 15.9 Å². The highest BCUT2D eigenvalue weighted by Crippen LogP contribution is 2.27. The summed E-state index contributed by atoms with van der Waals surface area (Å²) in [6, 6.07) is 0. The van der Waals surface area contributed by atoms with Gasteiger partial charge in [-0.1, -0.05) is 48.0 Å². The van der Waals surface area contributed by atoms with Crippen molar-refractivity contribution in [2.24, 2.45) is 11.8 Å². The standard InChI is InChI=1S/C15H26BrNO/c16-10-8-13-9-11-17(12-13)15(18)14-6-4-2-1-3-5-7-14/h13-14H,1-12H2. The van der Waals surface area contributed by atoms with Crippen LogP contribution in [-0.2, 0) is 4.79 Å². The molecule has 1 unspecified atom stereocenters. The largest absolute Gasteiger partial charge is 0.342 e. The summed E-state index contributed by atoms with van der Waals surface area (Å²) in [5.74, 6) is 1.55. The molecule has 0 radical (unpaired) electrons. The van der Waals surface area contributed by atoms with E-state index in [1.54, 1.807) is 0 Å². The van der Waals surface area contributed by atoms with Crippen molar-refractivity contribution in [1.29, 1.82) is 0 Å². The third kappa shape index (κ3) is 3.97. The highest BCUT2D eigenvalue weighted by Gasteiger charge is 2.30. The first-order chi connectivity index (χ1) is 8.81. The number of amides is 1. The third-order valence-corrected chi connectivity index (χ3v) is 5.03. The fourth-order valence-corrected chi connectivity index (χ4v) is 4.03. The Labute approximate surface area is 120 Å². The summed E-state index contributed by atoms with van der Waals surface area (Å²) >= 11 is 3.51. The van der Waals surface area contributed by atoms with Crippen molar-refractivity contribution in [2.45, 2.75) is 57.8 Å². The van der Waals surface area contributed by atoms with Crippen molar-refractivity contribution >= 4 is 21.8 Å². The van der Waals surface area contributed by atoms with Gasteiger partial charge in [0.2, 0.25) is 5.91 Å². The lowest BCUT2D eigenvalue weighted by Gasteiger charge is -2.25. The molecule has 0 aromatic carbocycles. The van der Waals surface area contributed by atoms with E-state index in [1.807, 2.05) is 0 Å². The molecular formula is C15H26BrNO. The average Bonchev–Trinajstić information content (AvgIpc) is 2.77. The van der Waals surface area contributed by atoms with E-state index >= 15 is 0 Å². The van der Waals surface area contributed by atoms with Gasteiger partial charge in [0.05, 0.1) is 0 Å². The summed E-state index contributed by atoms with van der Waals surface area (Å²) in [5.41, 5.74) is 0. The molecule has 2 nitrogen and oxygen atoms in total. The molecule has 0 spiro atoms. The van der Waals surface area contributed by atoms with Gasteiger partial charge in [-0.15, -0.1) is 0 Å². The lowest BCUT2D eigenvalue weighted by molar-refractivity contribution is -0.135. The van der Waals surface area contributed by atoms with E-state index < -0.39 is 0 Å². The molecule has 0 aromatic rings. The van der Waals surface area contributed by atoms with Crippen LogP contribution in [-0.4, -0.2) is 29.2 Å². The molecular weight excluding hydrogens is 290 g/mol. The SMILES string of the molecule is O=C(C1CCCCCCC1)N1CCC(CCBr)C1. The van der Waals surface area contributed by atoms with Gasteiger partial charge in [0.1, 0.15) is 0 Å². The van der Waals surface area contributed by atoms with Gasteiger partial charge in [-0.05, 0) is 31.6 Å². The van der Waals surface area contributed by atoms with Gasteiger partial charge in [0, 0.05) is 24.3 Å². The van der Waals surface area contributed by atoms with Gasteiger partial charge in [-0.25, -0.2) is 0 Å². The number of carbonyl (C=O) groups is 1. The van der Waals surface area contributed by atoms with Gasteiger partial charge in [-0.3, -0.25) is 4.79 Å². The van der Waals surface area contributed by atoms with Crippen molar-refractivity contribution < 1.29 is 4.79 Å². The molecule has 2 rings (SSSR count). The summed E-state index contributed by atoms with van der Waals surface area (Å²) in [4.78, 5) is 14.7. The Kier molecular flexibility index (Phi) is 6.00. The van der Waals surface area contributed by atoms with Gasteiger partial charge in [0.15, 0.2) is 0 Å². The van der Waals surface area contributed by atoms with Crippen LogP contribution in [0, 0.1) is 11.8 Å². The normalized spacial score (nSPS) is 26.9. The second kappa shape index (κ2) is 7.52. The maximum absolute atomic E-state index is 12.5. The lowest BCUT2D eigenvalue weighted by Crippen LogP contribution is -2.34. The van der Waals surface area contributed by atoms with E-state index in [1.165, 1.54) is 44.9 Å². The summed E-state index contributed by atoms with van der Waals surface area (Å²) in [5, 5.41) is 1.07. The highest BCUT2D eigenvalue weighted by molar-refractivity contribution is 9.09. The molecule has 1 saturated heterocycles. The zero-order chi connectivity index (χ0) is 12.8. The predicted molar refractivity (Wildman–Crippen MR) is 78.9 cm³/mol. The Balaban J connectivity index is 1.82. The fourth-order valence-electron chi connectivity index (χ4n) is 3.38. The van der Waals surface area contributed by atoms with Crippen LogP contribution in [0.15, 0.2) is 0 Å². The quantitative estimate of drug-likeness (QED) is 0.721. The molecule has 3 heteroatoms. The van der Waals surface area contributed by atoms with Gasteiger partial charge >= 0.3 is 0 Å². The Morgan fingerprint density at radius 2 is 1.72 bits per heavy atom. The molecule has 2 aliphatic rings. The number of hydrogen-bond donors (Lipinski definition) is 0. The first-order valence-electron chi connectivity index (χ1n) is 7.66. The van der Waals surface area contributed by atoms with Crippen molar-refractivity contribution in [3.63, 3.8) is 0 Å². The number of carbonyl (C=O) groups excluding carboxylic acids is 1. The maximum atomic E-state index is 12.5. The van der Waals surface area contributed by atoms with Crippen molar-refractivity contribution in [1.82, 2.24) is 4.90 Å². The molecule has 0 bridgehead atoms. The van der Waals surface area contributed by atoms with Crippen LogP contribution < -0.4 is 0 Å². The van der Waals surface area contributed by atoms with Crippen LogP contribution in [0.2, 0.25) is 0 Å². The van der Waals surface area contributed by atoms with Gasteiger partial charge in [0.25, 0.3) is 0 Å². The van der Waals surface area contributed by atoms with Gasteiger partial charge < -0.3 is 4.90 Å². The molecule has 1 heterocycles. The molecule has 1 saturated carbocycles. The minimum absolute atomic E-state index is 0.341. The van der Waals surface area contributed by atoms with E-state index in [-0.39, 0.29) is 0 Å². The van der Waals surface area contributed by atoms with Crippen LogP contribution in [0.5, 0.6) is 0 Å². The van der Waals surface area contributed by atoms with E-state index in [9.17, 15) is 4.79 Å². The Hall–Kier alpha value is -0.0500. The zero-order valence-corrected chi connectivity index (χ0v) is 13.0. The second-order valence-electron chi connectivity index (χ2n) is 5.96. The molecule has 18 heavy (non-hydrogen) atoms. The summed E-state index contributed by atoms with van der Waals surface area (Å²) in [7, 11) is 0. The molecule has 1 amide bonds. The molecule has 1 aliphatic carbocycles. The predicted octanol–water partition coefficient (Wildman–Crippen LogP) is 3.98. The smallest absolute Gasteiger partial charge is 0.225 e. The fraction of sp³-hybridized carbons (Fsp3) is 0.933. The van der Waals surface area contributed by atoms with Crippen LogP contribution in [0.3, 0.4) is 0 Å². The first kappa shape index (κ1) is 14.4. The monoisotopic (exact) mass is 315 g/mol. The van der Waals surface area contributed by atoms with Crippen LogP contribution in [0.4, 0.5) is 0 Å². The van der Waals surface area contributed by atoms with Crippen LogP contribution in [0.25, 0.3) is 0 Å². The Bertz CT molecular complexity index is 261. The van der Waals surface area contributed by atoms with Crippen LogP contribution in [0.1, 0.15) is 57.8 Å². The molecule has 1 atom stereocenters. The van der Waals surface area contributed by atoms with Gasteiger partial charge in [-0.2, -0.15) is 0 Å². The topological polar surface area (TPSA) is 20.3 Å². The third-order valence-electron chi connectivity index (χ3n) is 4.57. The highest BCUT2D eigenvalue weighted by atomic mass is 79.9. The van der Waals surface area contributed by atoms with E-state index in [0.29, 0.717) is 11.8 Å². The maximum Gasteiger partial charge on any atom is 0.225 e. The second-order valence-corrected chi connectivity index (χ2v) is 6.75. The van der Waals surface area contributed by atoms with E-state index in [2.05, 4.69) is 20.8 Å². The number of hydrogen-bond acceptors (Lipinski definition) is 1. The van der Waals surface area contributed by atoms with E-state index in [0.717, 1.165) is 37.2 Å². The minimum Gasteiger partial charge on any atom is -0.342 e. The lowest BCUT2D eigenvalue weighted by atomic mass is 9.90. The first-order valence-corrected chi connectivity index (χ1v) is 8.78. The summed E-state index contributed by atoms with van der Waals surface area (Å²) in [6.45, 7) is 2.02. The van der Waals surface area contributed by atoms with Crippen molar-refractivity contribution in [2.75, 3.05) is 18.4 Å². The van der Waals surface area contributed by atoms with E-state index in [4.69, 9.17) is 0 Å². The molecule has 2 fully saturated rings. The molecule has 0 N–H and O–H groups in total. The van der Waals surface area contributed by atoms with Crippen molar-refractivity contribution in [3.05, 3.63) is 0 Å². The number of nitrogens with zero attached hydrogens (tertiary/aromatic N) is 1.